The Labute approximate surface area is 211 Å². The number of phosphoric acid groups is 1. The summed E-state index contributed by atoms with van der Waals surface area (Å²) in [6, 6.07) is 1.77. The van der Waals surface area contributed by atoms with Gasteiger partial charge in [0, 0.05) is 17.9 Å². The molecule has 0 aromatic rings. The average molecular weight is 515 g/mol. The number of carbonyl (C=O) groups excluding carboxylic acids is 1. The molecule has 1 rings (SSSR count). The first-order valence-electron chi connectivity index (χ1n) is 12.3. The van der Waals surface area contributed by atoms with Crippen molar-refractivity contribution >= 4 is 13.8 Å². The normalized spacial score (nSPS) is 22.4. The molecule has 0 aliphatic carbocycles. The minimum absolute atomic E-state index is 0.0284. The molecule has 7 atom stereocenters. The lowest BCUT2D eigenvalue weighted by molar-refractivity contribution is -0.894. The van der Waals surface area contributed by atoms with E-state index in [-0.39, 0.29) is 37.4 Å². The Balaban J connectivity index is 0.00000143. The first kappa shape index (κ1) is 33.3. The van der Waals surface area contributed by atoms with Crippen LogP contribution in [0, 0.1) is 41.4 Å². The molecule has 1 unspecified atom stereocenters. The minimum atomic E-state index is -4.67. The van der Waals surface area contributed by atoms with Crippen LogP contribution in [-0.4, -0.2) is 55.6 Å². The van der Waals surface area contributed by atoms with E-state index in [0.29, 0.717) is 6.42 Å². The fourth-order valence-corrected chi connectivity index (χ4v) is 4.77. The maximum absolute atomic E-state index is 12.0. The molecule has 0 spiro atoms. The van der Waals surface area contributed by atoms with E-state index in [0.717, 1.165) is 0 Å². The molecule has 0 saturated heterocycles. The van der Waals surface area contributed by atoms with Gasteiger partial charge in [-0.3, -0.25) is 4.57 Å². The zero-order valence-electron chi connectivity index (χ0n) is 21.9. The van der Waals surface area contributed by atoms with Crippen molar-refractivity contribution < 1.29 is 38.0 Å². The predicted molar refractivity (Wildman–Crippen MR) is 132 cm³/mol. The summed E-state index contributed by atoms with van der Waals surface area (Å²) in [7, 11) is -4.67. The quantitative estimate of drug-likeness (QED) is 0.155. The summed E-state index contributed by atoms with van der Waals surface area (Å²) < 4.78 is 27.2. The summed E-state index contributed by atoms with van der Waals surface area (Å²) in [6.45, 7) is 15.6. The van der Waals surface area contributed by atoms with Crippen LogP contribution in [0.5, 0.6) is 0 Å². The lowest BCUT2D eigenvalue weighted by Gasteiger charge is -2.34. The van der Waals surface area contributed by atoms with Crippen LogP contribution in [0.4, 0.5) is 0 Å². The van der Waals surface area contributed by atoms with Crippen LogP contribution in [0.25, 0.3) is 0 Å². The monoisotopic (exact) mass is 514 g/mol. The van der Waals surface area contributed by atoms with Gasteiger partial charge in [0.15, 0.2) is 0 Å². The number of carbonyl (C=O) groups is 1. The summed E-state index contributed by atoms with van der Waals surface area (Å²) >= 11 is 0. The standard InChI is InChI=1S/C19H28NO7P.C6H15N/c1-5-16(21)15(4)17(27-28(23,24)25-12-6-11-20)9-7-13(2)19-14(3)8-10-18(22)26-19;1-4-7(5-2)6-3/h1,8,10,13-17,19,21H,6-7,9,12H2,2-4H3,(H,23,24);4-6H2,1-3H3/t13-,14-,15-,16-,17-,19-;/m0./s1. The van der Waals surface area contributed by atoms with Crippen LogP contribution < -0.4 is 9.79 Å². The van der Waals surface area contributed by atoms with Gasteiger partial charge < -0.3 is 28.7 Å². The van der Waals surface area contributed by atoms with Crippen LogP contribution in [0.3, 0.4) is 0 Å². The molecule has 10 heteroatoms. The van der Waals surface area contributed by atoms with Gasteiger partial charge in [-0.2, -0.15) is 5.26 Å². The molecular weight excluding hydrogens is 471 g/mol. The summed E-state index contributed by atoms with van der Waals surface area (Å²) in [5.41, 5.74) is 0. The molecule has 2 N–H and O–H groups in total. The van der Waals surface area contributed by atoms with E-state index in [1.54, 1.807) is 24.0 Å². The molecule has 1 aliphatic heterocycles. The van der Waals surface area contributed by atoms with Crippen molar-refractivity contribution in [3.8, 4) is 18.4 Å². The number of hydrogen-bond donors (Lipinski definition) is 2. The second-order valence-corrected chi connectivity index (χ2v) is 10.2. The zero-order chi connectivity index (χ0) is 27.0. The Bertz CT molecular complexity index is 767. The first-order chi connectivity index (χ1) is 16.5. The number of nitrogens with one attached hydrogen (secondary N) is 1. The van der Waals surface area contributed by atoms with Crippen molar-refractivity contribution in [1.82, 2.24) is 0 Å². The van der Waals surface area contributed by atoms with Gasteiger partial charge in [-0.15, -0.1) is 6.42 Å². The van der Waals surface area contributed by atoms with Crippen molar-refractivity contribution in [3.63, 3.8) is 0 Å². The first-order valence-corrected chi connectivity index (χ1v) is 13.8. The van der Waals surface area contributed by atoms with Crippen LogP contribution >= 0.6 is 7.82 Å². The highest BCUT2D eigenvalue weighted by Gasteiger charge is 2.32. The van der Waals surface area contributed by atoms with Gasteiger partial charge in [0.05, 0.1) is 44.8 Å². The lowest BCUT2D eigenvalue weighted by atomic mass is 9.85. The molecule has 35 heavy (non-hydrogen) atoms. The molecule has 0 amide bonds. The van der Waals surface area contributed by atoms with Gasteiger partial charge in [-0.1, -0.05) is 32.8 Å². The van der Waals surface area contributed by atoms with Gasteiger partial charge in [0.2, 0.25) is 0 Å². The maximum Gasteiger partial charge on any atom is 0.330 e. The predicted octanol–water partition coefficient (Wildman–Crippen LogP) is 1.87. The van der Waals surface area contributed by atoms with Crippen molar-refractivity contribution in [2.75, 3.05) is 26.2 Å². The number of phosphoric ester groups is 1. The molecule has 0 saturated carbocycles. The summed E-state index contributed by atoms with van der Waals surface area (Å²) in [4.78, 5) is 25.2. The molecule has 200 valence electrons. The Kier molecular flexibility index (Phi) is 16.8. The number of nitriles is 1. The maximum atomic E-state index is 12.0. The fourth-order valence-electron chi connectivity index (χ4n) is 3.76. The van der Waals surface area contributed by atoms with Crippen molar-refractivity contribution in [2.24, 2.45) is 17.8 Å². The van der Waals surface area contributed by atoms with Crippen LogP contribution in [0.2, 0.25) is 0 Å². The SMILES string of the molecule is C#C[C@H](O)[C@H](C)[C@H](CC[C@H](C)[C@@H]1OC(=O)C=C[C@@H]1C)OP(=O)([O-])OCCC#N.CC[NH+](CC)CC. The van der Waals surface area contributed by atoms with E-state index in [9.17, 15) is 19.4 Å². The molecule has 0 aromatic heterocycles. The topological polar surface area (TPSA) is 133 Å². The smallest absolute Gasteiger partial charge is 0.330 e. The van der Waals surface area contributed by atoms with E-state index < -0.39 is 31.9 Å². The van der Waals surface area contributed by atoms with E-state index >= 15 is 0 Å². The molecular formula is C25H43N2O7P. The highest BCUT2D eigenvalue weighted by molar-refractivity contribution is 7.45. The third-order valence-electron chi connectivity index (χ3n) is 6.26. The van der Waals surface area contributed by atoms with Crippen molar-refractivity contribution in [3.05, 3.63) is 12.2 Å². The fraction of sp³-hybridized carbons (Fsp3) is 0.760. The summed E-state index contributed by atoms with van der Waals surface area (Å²) in [5.74, 6) is 1.04. The number of quaternary nitrogens is 1. The third kappa shape index (κ3) is 13.2. The number of aliphatic hydroxyl groups is 1. The highest BCUT2D eigenvalue weighted by Crippen LogP contribution is 2.43. The number of ether oxygens (including phenoxy) is 1. The van der Waals surface area contributed by atoms with Gasteiger partial charge in [0.25, 0.3) is 7.82 Å². The summed E-state index contributed by atoms with van der Waals surface area (Å²) in [6.07, 6.45) is 6.57. The molecule has 1 heterocycles. The second-order valence-electron chi connectivity index (χ2n) is 8.79. The van der Waals surface area contributed by atoms with Gasteiger partial charge in [-0.05, 0) is 39.5 Å². The average Bonchev–Trinajstić information content (AvgIpc) is 2.83. The van der Waals surface area contributed by atoms with Crippen LogP contribution in [0.1, 0.15) is 60.8 Å². The van der Waals surface area contributed by atoms with Crippen LogP contribution in [-0.2, 0) is 23.1 Å². The van der Waals surface area contributed by atoms with Crippen molar-refractivity contribution in [2.45, 2.75) is 79.1 Å². The number of aliphatic hydroxyl groups excluding tert-OH is 1. The number of hydrogen-bond acceptors (Lipinski definition) is 8. The molecule has 0 radical (unpaired) electrons. The minimum Gasteiger partial charge on any atom is -0.756 e. The second kappa shape index (κ2) is 17.7. The summed E-state index contributed by atoms with van der Waals surface area (Å²) in [5, 5.41) is 18.4. The Hall–Kier alpha value is -1.71. The number of rotatable bonds is 14. The van der Waals surface area contributed by atoms with E-state index in [2.05, 4.69) is 31.2 Å². The number of terminal acetylenes is 1. The Morgan fingerprint density at radius 2 is 1.89 bits per heavy atom. The molecule has 0 bridgehead atoms. The zero-order valence-corrected chi connectivity index (χ0v) is 22.8. The number of esters is 1. The molecule has 9 nitrogen and oxygen atoms in total. The van der Waals surface area contributed by atoms with Gasteiger partial charge >= 0.3 is 5.97 Å². The van der Waals surface area contributed by atoms with Crippen molar-refractivity contribution in [1.29, 1.82) is 5.26 Å². The number of nitrogens with zero attached hydrogens (tertiary/aromatic N) is 1. The highest BCUT2D eigenvalue weighted by atomic mass is 31.2. The van der Waals surface area contributed by atoms with E-state index in [4.69, 9.17) is 20.9 Å². The van der Waals surface area contributed by atoms with E-state index in [1.807, 2.05) is 13.8 Å². The van der Waals surface area contributed by atoms with Crippen LogP contribution in [0.15, 0.2) is 12.2 Å². The molecule has 0 aromatic carbocycles. The Morgan fingerprint density at radius 1 is 1.29 bits per heavy atom. The van der Waals surface area contributed by atoms with Gasteiger partial charge in [0.1, 0.15) is 12.2 Å². The Morgan fingerprint density at radius 3 is 2.37 bits per heavy atom. The molecule has 1 aliphatic rings. The number of cyclic esters (lactones) is 1. The van der Waals surface area contributed by atoms with E-state index in [1.165, 1.54) is 25.7 Å². The van der Waals surface area contributed by atoms with Gasteiger partial charge in [-0.25, -0.2) is 4.79 Å². The lowest BCUT2D eigenvalue weighted by Crippen LogP contribution is -3.11. The largest absolute Gasteiger partial charge is 0.756 e. The third-order valence-corrected chi connectivity index (χ3v) is 7.28. The molecule has 0 fully saturated rings.